The zero-order valence-corrected chi connectivity index (χ0v) is 41.6. The fourth-order valence-corrected chi connectivity index (χ4v) is 6.51. The molecule has 2 atom stereocenters. The first-order valence-electron chi connectivity index (χ1n) is 24.3. The lowest BCUT2D eigenvalue weighted by atomic mass is 10.1. The summed E-state index contributed by atoms with van der Waals surface area (Å²) in [7, 11) is 1.41. The number of phosphoric acid groups is 1. The Morgan fingerprint density at radius 3 is 1.28 bits per heavy atom. The van der Waals surface area contributed by atoms with E-state index < -0.39 is 32.5 Å². The minimum atomic E-state index is -4.41. The van der Waals surface area contributed by atoms with Crippen molar-refractivity contribution in [3.05, 3.63) is 122 Å². The molecule has 0 rings (SSSR count). The maximum atomic E-state index is 12.7. The van der Waals surface area contributed by atoms with Gasteiger partial charge < -0.3 is 18.9 Å². The molecular weight excluding hydrogens is 822 g/mol. The first kappa shape index (κ1) is 60.4. The number of unbranched alkanes of at least 4 members (excludes halogenated alkanes) is 8. The second-order valence-electron chi connectivity index (χ2n) is 16.7. The van der Waals surface area contributed by atoms with Gasteiger partial charge in [0.15, 0.2) is 6.10 Å². The Morgan fingerprint density at radius 1 is 0.484 bits per heavy atom. The first-order chi connectivity index (χ1) is 31.0. The predicted octanol–water partition coefficient (Wildman–Crippen LogP) is 14.5. The van der Waals surface area contributed by atoms with Crippen molar-refractivity contribution >= 4 is 19.8 Å². The van der Waals surface area contributed by atoms with Gasteiger partial charge in [-0.3, -0.25) is 18.6 Å². The lowest BCUT2D eigenvalue weighted by Gasteiger charge is -2.24. The Kier molecular flexibility index (Phi) is 42.1. The van der Waals surface area contributed by atoms with Crippen molar-refractivity contribution in [2.45, 2.75) is 161 Å². The number of allylic oxidation sites excluding steroid dienone is 20. The molecule has 0 aliphatic carbocycles. The molecule has 362 valence electrons. The van der Waals surface area contributed by atoms with Crippen LogP contribution in [-0.2, 0) is 32.7 Å². The van der Waals surface area contributed by atoms with E-state index >= 15 is 0 Å². The average molecular weight is 911 g/mol. The zero-order valence-electron chi connectivity index (χ0n) is 40.7. The molecule has 0 fully saturated rings. The van der Waals surface area contributed by atoms with E-state index in [4.69, 9.17) is 18.5 Å². The molecule has 0 heterocycles. The van der Waals surface area contributed by atoms with Gasteiger partial charge in [-0.05, 0) is 103 Å². The summed E-state index contributed by atoms with van der Waals surface area (Å²) in [5, 5.41) is 0. The summed E-state index contributed by atoms with van der Waals surface area (Å²) in [5.41, 5.74) is 0. The lowest BCUT2D eigenvalue weighted by molar-refractivity contribution is -0.870. The minimum absolute atomic E-state index is 0.0127. The van der Waals surface area contributed by atoms with Crippen LogP contribution in [-0.4, -0.2) is 74.9 Å². The van der Waals surface area contributed by atoms with Gasteiger partial charge in [-0.1, -0.05) is 161 Å². The maximum Gasteiger partial charge on any atom is 0.472 e. The number of rotatable bonds is 42. The maximum absolute atomic E-state index is 12.7. The molecule has 0 spiro atoms. The van der Waals surface area contributed by atoms with Crippen molar-refractivity contribution in [2.75, 3.05) is 47.5 Å². The highest BCUT2D eigenvalue weighted by molar-refractivity contribution is 7.47. The number of esters is 2. The van der Waals surface area contributed by atoms with Crippen LogP contribution in [0.1, 0.15) is 155 Å². The van der Waals surface area contributed by atoms with Crippen molar-refractivity contribution in [3.63, 3.8) is 0 Å². The third-order valence-electron chi connectivity index (χ3n) is 9.49. The molecule has 2 unspecified atom stereocenters. The van der Waals surface area contributed by atoms with Crippen LogP contribution in [0.3, 0.4) is 0 Å². The molecule has 0 saturated heterocycles. The van der Waals surface area contributed by atoms with Crippen molar-refractivity contribution < 1.29 is 42.1 Å². The summed E-state index contributed by atoms with van der Waals surface area (Å²) in [5.74, 6) is -0.878. The van der Waals surface area contributed by atoms with E-state index in [1.165, 1.54) is 0 Å². The van der Waals surface area contributed by atoms with Crippen LogP contribution >= 0.6 is 7.82 Å². The van der Waals surface area contributed by atoms with Crippen molar-refractivity contribution in [2.24, 2.45) is 0 Å². The fourth-order valence-electron chi connectivity index (χ4n) is 5.77. The Balaban J connectivity index is 4.44. The second-order valence-corrected chi connectivity index (χ2v) is 18.2. The van der Waals surface area contributed by atoms with Crippen LogP contribution in [0.15, 0.2) is 122 Å². The molecule has 0 aromatic carbocycles. The van der Waals surface area contributed by atoms with E-state index in [0.717, 1.165) is 116 Å². The molecule has 0 saturated carbocycles. The van der Waals surface area contributed by atoms with Gasteiger partial charge in [0.25, 0.3) is 0 Å². The van der Waals surface area contributed by atoms with Gasteiger partial charge in [0.1, 0.15) is 19.8 Å². The smallest absolute Gasteiger partial charge is 0.462 e. The number of quaternary nitrogens is 1. The fraction of sp³-hybridized carbons (Fsp3) is 0.593. The molecule has 64 heavy (non-hydrogen) atoms. The average Bonchev–Trinajstić information content (AvgIpc) is 3.25. The van der Waals surface area contributed by atoms with Crippen molar-refractivity contribution in [1.29, 1.82) is 0 Å². The van der Waals surface area contributed by atoms with E-state index in [0.29, 0.717) is 23.9 Å². The lowest BCUT2D eigenvalue weighted by Crippen LogP contribution is -2.37. The van der Waals surface area contributed by atoms with Crippen molar-refractivity contribution in [1.82, 2.24) is 0 Å². The summed E-state index contributed by atoms with van der Waals surface area (Å²) in [6.07, 6.45) is 62.5. The molecule has 1 N–H and O–H groups in total. The Morgan fingerprint density at radius 2 is 0.844 bits per heavy atom. The number of carbonyl (C=O) groups excluding carboxylic acids is 2. The third kappa shape index (κ3) is 47.9. The summed E-state index contributed by atoms with van der Waals surface area (Å²) in [4.78, 5) is 35.5. The minimum Gasteiger partial charge on any atom is -0.462 e. The number of nitrogens with zero attached hydrogens (tertiary/aromatic N) is 1. The molecule has 9 nitrogen and oxygen atoms in total. The molecule has 0 aromatic rings. The molecule has 10 heteroatoms. The quantitative estimate of drug-likeness (QED) is 0.0212. The first-order valence-corrected chi connectivity index (χ1v) is 25.8. The van der Waals surface area contributed by atoms with E-state index in [1.807, 2.05) is 21.1 Å². The molecule has 0 aliphatic rings. The van der Waals surface area contributed by atoms with Crippen LogP contribution in [0.25, 0.3) is 0 Å². The van der Waals surface area contributed by atoms with Crippen LogP contribution in [0, 0.1) is 0 Å². The molecule has 0 amide bonds. The Labute approximate surface area is 390 Å². The highest BCUT2D eigenvalue weighted by atomic mass is 31.2. The molecule has 0 aromatic heterocycles. The third-order valence-corrected chi connectivity index (χ3v) is 10.5. The Bertz CT molecular complexity index is 1490. The van der Waals surface area contributed by atoms with Gasteiger partial charge >= 0.3 is 19.8 Å². The van der Waals surface area contributed by atoms with E-state index in [2.05, 4.69) is 135 Å². The van der Waals surface area contributed by atoms with Gasteiger partial charge in [0.05, 0.1) is 27.7 Å². The standard InChI is InChI=1S/C54H88NO8P/c1-6-8-10-12-14-16-18-20-22-24-26-27-29-31-33-35-37-39-41-43-45-47-54(57)63-52(51-62-64(58,59)61-49-48-55(3,4)5)50-60-53(56)46-44-42-40-38-36-34-32-30-28-25-23-21-19-17-15-13-11-9-7-2/h8-11,14-17,20-23,26-28,30-31,33,37,39,52H,6-7,12-13,18-19,24-25,29,32,34-36,38,40-51H2,1-5H3/p+1/b10-8-,11-9-,16-14-,17-15-,22-20-,23-21-,27-26-,30-28-,33-31-,39-37-. The summed E-state index contributed by atoms with van der Waals surface area (Å²) in [6.45, 7) is 4.10. The largest absolute Gasteiger partial charge is 0.472 e. The monoisotopic (exact) mass is 911 g/mol. The summed E-state index contributed by atoms with van der Waals surface area (Å²) < 4.78 is 34.3. The number of phosphoric ester groups is 1. The van der Waals surface area contributed by atoms with Gasteiger partial charge in [0, 0.05) is 12.8 Å². The van der Waals surface area contributed by atoms with Gasteiger partial charge in [-0.2, -0.15) is 0 Å². The molecule has 0 radical (unpaired) electrons. The van der Waals surface area contributed by atoms with Gasteiger partial charge in [-0.25, -0.2) is 4.57 Å². The van der Waals surface area contributed by atoms with Crippen molar-refractivity contribution in [3.8, 4) is 0 Å². The highest BCUT2D eigenvalue weighted by Gasteiger charge is 2.27. The van der Waals surface area contributed by atoms with Gasteiger partial charge in [-0.15, -0.1) is 0 Å². The highest BCUT2D eigenvalue weighted by Crippen LogP contribution is 2.43. The van der Waals surface area contributed by atoms with Crippen LogP contribution in [0.4, 0.5) is 0 Å². The van der Waals surface area contributed by atoms with E-state index in [-0.39, 0.29) is 26.1 Å². The number of carbonyl (C=O) groups is 2. The SMILES string of the molecule is CC/C=C\C/C=C\C/C=C\C/C=C\C/C=C\C/C=C\CCCCC(=O)OC(COC(=O)CCCCCCCC/C=C\C/C=C\C/C=C\C/C=C\CC)COP(=O)(O)OCC[N+](C)(C)C. The second kappa shape index (κ2) is 44.6. The molecular formula is C54H89NO8P+. The Hall–Kier alpha value is -3.59. The number of ether oxygens (including phenoxy) is 2. The normalized spacial score (nSPS) is 14.5. The number of likely N-dealkylation sites (N-methyl/N-ethyl adjacent to an activating group) is 1. The summed E-state index contributed by atoms with van der Waals surface area (Å²) in [6, 6.07) is 0. The predicted molar refractivity (Wildman–Crippen MR) is 270 cm³/mol. The molecule has 0 aliphatic heterocycles. The van der Waals surface area contributed by atoms with Gasteiger partial charge in [0.2, 0.25) is 0 Å². The zero-order chi connectivity index (χ0) is 47.1. The van der Waals surface area contributed by atoms with E-state index in [9.17, 15) is 19.0 Å². The summed E-state index contributed by atoms with van der Waals surface area (Å²) >= 11 is 0. The molecule has 0 bridgehead atoms. The number of hydrogen-bond donors (Lipinski definition) is 1. The number of hydrogen-bond acceptors (Lipinski definition) is 7. The van der Waals surface area contributed by atoms with Crippen LogP contribution < -0.4 is 0 Å². The topological polar surface area (TPSA) is 108 Å². The van der Waals surface area contributed by atoms with Crippen LogP contribution in [0.2, 0.25) is 0 Å². The van der Waals surface area contributed by atoms with Crippen LogP contribution in [0.5, 0.6) is 0 Å². The van der Waals surface area contributed by atoms with E-state index in [1.54, 1.807) is 0 Å².